The van der Waals surface area contributed by atoms with E-state index in [1.54, 1.807) is 6.92 Å². The molecule has 0 aliphatic heterocycles. The van der Waals surface area contributed by atoms with Gasteiger partial charge in [-0.05, 0) is 13.8 Å². The minimum absolute atomic E-state index is 0.117. The standard InChI is InChI=1S/C8H9NO5S/c1-3-14-8(11)5-4(2)15-7(6(5)10)9(12)13/h10H,3H2,1-2H3. The summed E-state index contributed by atoms with van der Waals surface area (Å²) in [6, 6.07) is 0. The van der Waals surface area contributed by atoms with E-state index in [2.05, 4.69) is 4.74 Å². The van der Waals surface area contributed by atoms with E-state index < -0.39 is 21.6 Å². The molecule has 0 saturated carbocycles. The van der Waals surface area contributed by atoms with Crippen LogP contribution in [0.15, 0.2) is 0 Å². The summed E-state index contributed by atoms with van der Waals surface area (Å²) in [6.07, 6.45) is 0. The van der Waals surface area contributed by atoms with Crippen molar-refractivity contribution in [1.29, 1.82) is 0 Å². The number of nitrogens with zero attached hydrogens (tertiary/aromatic N) is 1. The number of thiophene rings is 1. The van der Waals surface area contributed by atoms with Crippen LogP contribution in [0.3, 0.4) is 0 Å². The zero-order valence-electron chi connectivity index (χ0n) is 8.14. The average molecular weight is 231 g/mol. The molecule has 0 radical (unpaired) electrons. The first kappa shape index (κ1) is 11.4. The maximum absolute atomic E-state index is 11.3. The fourth-order valence-corrected chi connectivity index (χ4v) is 1.93. The Balaban J connectivity index is 3.19. The quantitative estimate of drug-likeness (QED) is 0.487. The number of esters is 1. The van der Waals surface area contributed by atoms with Gasteiger partial charge in [0.1, 0.15) is 5.56 Å². The van der Waals surface area contributed by atoms with E-state index >= 15 is 0 Å². The molecule has 1 aromatic heterocycles. The molecule has 7 heteroatoms. The molecule has 1 heterocycles. The van der Waals surface area contributed by atoms with Gasteiger partial charge in [0.25, 0.3) is 0 Å². The van der Waals surface area contributed by atoms with Crippen LogP contribution >= 0.6 is 11.3 Å². The first-order valence-electron chi connectivity index (χ1n) is 4.12. The number of nitro groups is 1. The van der Waals surface area contributed by atoms with Crippen molar-refractivity contribution in [1.82, 2.24) is 0 Å². The second-order valence-corrected chi connectivity index (χ2v) is 3.87. The Bertz CT molecular complexity index is 411. The van der Waals surface area contributed by atoms with E-state index in [0.717, 1.165) is 11.3 Å². The van der Waals surface area contributed by atoms with Gasteiger partial charge in [-0.25, -0.2) is 4.79 Å². The summed E-state index contributed by atoms with van der Waals surface area (Å²) in [5.41, 5.74) is -0.117. The molecule has 0 aromatic carbocycles. The fourth-order valence-electron chi connectivity index (χ4n) is 1.09. The molecule has 0 atom stereocenters. The van der Waals surface area contributed by atoms with Gasteiger partial charge in [-0.15, -0.1) is 0 Å². The van der Waals surface area contributed by atoms with Gasteiger partial charge < -0.3 is 9.84 Å². The maximum atomic E-state index is 11.3. The predicted octanol–water partition coefficient (Wildman–Crippen LogP) is 1.85. The molecule has 82 valence electrons. The van der Waals surface area contributed by atoms with Crippen molar-refractivity contribution < 1.29 is 19.6 Å². The van der Waals surface area contributed by atoms with Crippen LogP contribution in [-0.4, -0.2) is 22.6 Å². The summed E-state index contributed by atoms with van der Waals surface area (Å²) < 4.78 is 4.67. The maximum Gasteiger partial charge on any atom is 0.366 e. The first-order valence-corrected chi connectivity index (χ1v) is 4.94. The summed E-state index contributed by atoms with van der Waals surface area (Å²) in [5, 5.41) is 19.5. The number of carbonyl (C=O) groups is 1. The van der Waals surface area contributed by atoms with Gasteiger partial charge in [0.05, 0.1) is 11.5 Å². The lowest BCUT2D eigenvalue weighted by atomic mass is 10.2. The molecule has 0 fully saturated rings. The summed E-state index contributed by atoms with van der Waals surface area (Å²) in [5.74, 6) is -1.35. The average Bonchev–Trinajstić information content (AvgIpc) is 2.42. The van der Waals surface area contributed by atoms with Gasteiger partial charge in [-0.3, -0.25) is 10.1 Å². The van der Waals surface area contributed by atoms with Crippen LogP contribution in [0.2, 0.25) is 0 Å². The molecular weight excluding hydrogens is 222 g/mol. The van der Waals surface area contributed by atoms with Crippen molar-refractivity contribution in [2.45, 2.75) is 13.8 Å². The van der Waals surface area contributed by atoms with E-state index in [0.29, 0.717) is 4.88 Å². The first-order chi connectivity index (χ1) is 6.99. The number of aryl methyl sites for hydroxylation is 1. The van der Waals surface area contributed by atoms with Gasteiger partial charge in [0, 0.05) is 4.88 Å². The third-order valence-corrected chi connectivity index (χ3v) is 2.73. The van der Waals surface area contributed by atoms with E-state index in [1.165, 1.54) is 6.92 Å². The zero-order valence-corrected chi connectivity index (χ0v) is 8.96. The number of ether oxygens (including phenoxy) is 1. The number of carbonyl (C=O) groups excluding carboxylic acids is 1. The summed E-state index contributed by atoms with van der Waals surface area (Å²) in [6.45, 7) is 3.29. The highest BCUT2D eigenvalue weighted by atomic mass is 32.1. The summed E-state index contributed by atoms with van der Waals surface area (Å²) >= 11 is 0.753. The fraction of sp³-hybridized carbons (Fsp3) is 0.375. The molecular formula is C8H9NO5S. The number of aromatic hydroxyl groups is 1. The molecule has 0 aliphatic carbocycles. The van der Waals surface area contributed by atoms with Crippen molar-refractivity contribution in [2.24, 2.45) is 0 Å². The molecule has 1 rings (SSSR count). The third-order valence-electron chi connectivity index (χ3n) is 1.69. The van der Waals surface area contributed by atoms with Gasteiger partial charge in [-0.1, -0.05) is 11.3 Å². The Hall–Kier alpha value is -1.63. The minimum atomic E-state index is -0.739. The lowest BCUT2D eigenvalue weighted by Crippen LogP contribution is -2.04. The largest absolute Gasteiger partial charge is 0.501 e. The Morgan fingerprint density at radius 1 is 1.67 bits per heavy atom. The normalized spacial score (nSPS) is 10.0. The highest BCUT2D eigenvalue weighted by molar-refractivity contribution is 7.16. The molecule has 0 amide bonds. The molecule has 15 heavy (non-hydrogen) atoms. The Labute approximate surface area is 89.3 Å². The van der Waals surface area contributed by atoms with Crippen LogP contribution in [0.25, 0.3) is 0 Å². The Kier molecular flexibility index (Phi) is 3.25. The van der Waals surface area contributed by atoms with Gasteiger partial charge in [0.15, 0.2) is 0 Å². The second kappa shape index (κ2) is 4.26. The molecule has 0 bridgehead atoms. The Morgan fingerprint density at radius 2 is 2.27 bits per heavy atom. The Morgan fingerprint density at radius 3 is 2.67 bits per heavy atom. The van der Waals surface area contributed by atoms with Gasteiger partial charge >= 0.3 is 11.0 Å². The van der Waals surface area contributed by atoms with Crippen LogP contribution in [0.1, 0.15) is 22.2 Å². The van der Waals surface area contributed by atoms with E-state index in [-0.39, 0.29) is 12.2 Å². The lowest BCUT2D eigenvalue weighted by molar-refractivity contribution is -0.381. The van der Waals surface area contributed by atoms with Crippen molar-refractivity contribution in [2.75, 3.05) is 6.61 Å². The summed E-state index contributed by atoms with van der Waals surface area (Å²) in [4.78, 5) is 21.4. The van der Waals surface area contributed by atoms with Crippen LogP contribution in [-0.2, 0) is 4.74 Å². The molecule has 0 spiro atoms. The molecule has 1 aromatic rings. The topological polar surface area (TPSA) is 89.7 Å². The van der Waals surface area contributed by atoms with Gasteiger partial charge in [0.2, 0.25) is 5.75 Å². The van der Waals surface area contributed by atoms with Crippen molar-refractivity contribution in [3.63, 3.8) is 0 Å². The third kappa shape index (κ3) is 2.07. The van der Waals surface area contributed by atoms with Crippen LogP contribution in [0, 0.1) is 17.0 Å². The number of rotatable bonds is 3. The van der Waals surface area contributed by atoms with Crippen LogP contribution in [0.4, 0.5) is 5.00 Å². The second-order valence-electron chi connectivity index (χ2n) is 2.66. The van der Waals surface area contributed by atoms with E-state index in [9.17, 15) is 20.0 Å². The molecule has 0 unspecified atom stereocenters. The molecule has 6 nitrogen and oxygen atoms in total. The minimum Gasteiger partial charge on any atom is -0.501 e. The van der Waals surface area contributed by atoms with Crippen molar-refractivity contribution in [3.05, 3.63) is 20.6 Å². The lowest BCUT2D eigenvalue weighted by Gasteiger charge is -1.99. The van der Waals surface area contributed by atoms with Crippen molar-refractivity contribution >= 4 is 22.3 Å². The van der Waals surface area contributed by atoms with Gasteiger partial charge in [-0.2, -0.15) is 0 Å². The predicted molar refractivity (Wildman–Crippen MR) is 53.3 cm³/mol. The highest BCUT2D eigenvalue weighted by Gasteiger charge is 2.28. The molecule has 0 aliphatic rings. The molecule has 1 N–H and O–H groups in total. The monoisotopic (exact) mass is 231 g/mol. The molecule has 0 saturated heterocycles. The van der Waals surface area contributed by atoms with Crippen molar-refractivity contribution in [3.8, 4) is 5.75 Å². The highest BCUT2D eigenvalue weighted by Crippen LogP contribution is 2.40. The number of hydrogen-bond donors (Lipinski definition) is 1. The van der Waals surface area contributed by atoms with Crippen LogP contribution < -0.4 is 0 Å². The van der Waals surface area contributed by atoms with Crippen LogP contribution in [0.5, 0.6) is 5.75 Å². The van der Waals surface area contributed by atoms with E-state index in [1.807, 2.05) is 0 Å². The summed E-state index contributed by atoms with van der Waals surface area (Å²) in [7, 11) is 0. The van der Waals surface area contributed by atoms with E-state index in [4.69, 9.17) is 0 Å². The SMILES string of the molecule is CCOC(=O)c1c(C)sc([N+](=O)[O-])c1O. The zero-order chi connectivity index (χ0) is 11.6. The smallest absolute Gasteiger partial charge is 0.366 e. The number of hydrogen-bond acceptors (Lipinski definition) is 6.